The number of aliphatic hydroxyl groups excluding tert-OH is 7. The topological polar surface area (TPSA) is 277 Å². The molecule has 0 radical (unpaired) electrons. The highest BCUT2D eigenvalue weighted by Crippen LogP contribution is 2.41. The van der Waals surface area contributed by atoms with Gasteiger partial charge < -0.3 is 74.4 Å². The lowest BCUT2D eigenvalue weighted by Gasteiger charge is -2.45. The minimum atomic E-state index is -1.79. The highest BCUT2D eigenvalue weighted by Gasteiger charge is 2.50. The molecule has 6 rings (SSSR count). The monoisotopic (exact) mass is 831 g/mol. The van der Waals surface area contributed by atoms with Gasteiger partial charge in [0.05, 0.1) is 64.1 Å². The molecule has 4 heterocycles. The first kappa shape index (κ1) is 44.5. The largest absolute Gasteiger partial charge is 0.394 e. The van der Waals surface area contributed by atoms with E-state index in [2.05, 4.69) is 15.6 Å². The molecule has 2 amide bonds. The van der Waals surface area contributed by atoms with Gasteiger partial charge in [-0.15, -0.1) is 5.10 Å². The molecular formula is C39H53N5O15. The number of amides is 2. The fourth-order valence-electron chi connectivity index (χ4n) is 7.21. The number of anilines is 1. The number of benzene rings is 2. The molecule has 2 aromatic carbocycles. The summed E-state index contributed by atoms with van der Waals surface area (Å²) in [5.41, 5.74) is 3.89. The van der Waals surface area contributed by atoms with E-state index < -0.39 is 74.6 Å². The van der Waals surface area contributed by atoms with E-state index in [9.17, 15) is 45.3 Å². The molecule has 0 aliphatic carbocycles. The smallest absolute Gasteiger partial charge is 0.227 e. The van der Waals surface area contributed by atoms with Gasteiger partial charge in [0.1, 0.15) is 54.5 Å². The van der Waals surface area contributed by atoms with Gasteiger partial charge in [0, 0.05) is 37.1 Å². The van der Waals surface area contributed by atoms with Crippen molar-refractivity contribution in [1.82, 2.24) is 20.3 Å². The first-order valence-corrected chi connectivity index (χ1v) is 19.6. The lowest BCUT2D eigenvalue weighted by atomic mass is 9.95. The van der Waals surface area contributed by atoms with Crippen LogP contribution in [0.1, 0.15) is 25.3 Å². The zero-order valence-corrected chi connectivity index (χ0v) is 32.6. The van der Waals surface area contributed by atoms with Gasteiger partial charge >= 0.3 is 0 Å². The number of aliphatic hydroxyl groups is 7. The standard InChI is InChI=1S/C39H53N5O15/c1-2-54-17-18-55-15-13-40-28(47)11-12-29(48)43-19-22-7-3-4-8-23(22)31-30(24-9-5-6-10-25(24)43)41-42-44(31)14-16-56-38-36(53)34(51)37(27(21-46)58-38)59-39-35(52)33(50)32(49)26(20-45)57-39/h3-10,26-27,32-39,45-46,49-53H,2,11-21H2,1H3,(H,40,47)/t26?,27-,32-,33?,34?,35?,36?,37+,38+,39-/m0/s1. The summed E-state index contributed by atoms with van der Waals surface area (Å²) in [4.78, 5) is 28.1. The van der Waals surface area contributed by atoms with E-state index in [0.29, 0.717) is 55.6 Å². The van der Waals surface area contributed by atoms with Crippen LogP contribution in [0.2, 0.25) is 0 Å². The highest BCUT2D eigenvalue weighted by molar-refractivity contribution is 6.01. The molecule has 59 heavy (non-hydrogen) atoms. The number of nitrogens with one attached hydrogen (secondary N) is 1. The summed E-state index contributed by atoms with van der Waals surface area (Å²) in [5.74, 6) is -0.524. The average molecular weight is 832 g/mol. The Labute approximate surface area is 339 Å². The van der Waals surface area contributed by atoms with Crippen LogP contribution in [0.25, 0.3) is 22.5 Å². The zero-order chi connectivity index (χ0) is 42.1. The minimum absolute atomic E-state index is 0.0130. The van der Waals surface area contributed by atoms with Crippen LogP contribution in [0.15, 0.2) is 48.5 Å². The van der Waals surface area contributed by atoms with Crippen LogP contribution in [0.3, 0.4) is 0 Å². The van der Waals surface area contributed by atoms with E-state index in [4.69, 9.17) is 28.4 Å². The summed E-state index contributed by atoms with van der Waals surface area (Å²) >= 11 is 0. The number of rotatable bonds is 18. The molecule has 0 spiro atoms. The number of ether oxygens (including phenoxy) is 6. The maximum absolute atomic E-state index is 13.8. The van der Waals surface area contributed by atoms with Gasteiger partial charge in [-0.1, -0.05) is 47.7 Å². The Morgan fingerprint density at radius 1 is 0.797 bits per heavy atom. The van der Waals surface area contributed by atoms with Crippen molar-refractivity contribution in [1.29, 1.82) is 0 Å². The Hall–Kier alpha value is -4.00. The van der Waals surface area contributed by atoms with Crippen molar-refractivity contribution in [2.75, 3.05) is 57.7 Å². The van der Waals surface area contributed by atoms with Crippen molar-refractivity contribution < 1.29 is 73.8 Å². The van der Waals surface area contributed by atoms with Crippen LogP contribution in [-0.4, -0.2) is 177 Å². The van der Waals surface area contributed by atoms with E-state index in [-0.39, 0.29) is 44.4 Å². The Morgan fingerprint density at radius 3 is 2.25 bits per heavy atom. The molecular weight excluding hydrogens is 778 g/mol. The van der Waals surface area contributed by atoms with Gasteiger partial charge in [0.25, 0.3) is 0 Å². The fourth-order valence-corrected chi connectivity index (χ4v) is 7.21. The van der Waals surface area contributed by atoms with E-state index in [1.165, 1.54) is 0 Å². The van der Waals surface area contributed by atoms with E-state index in [1.807, 2.05) is 55.5 Å². The van der Waals surface area contributed by atoms with Crippen molar-refractivity contribution in [3.8, 4) is 22.5 Å². The molecule has 2 saturated heterocycles. The maximum Gasteiger partial charge on any atom is 0.227 e. The second-order valence-electron chi connectivity index (χ2n) is 14.2. The van der Waals surface area contributed by atoms with Crippen molar-refractivity contribution in [3.05, 3.63) is 54.1 Å². The number of fused-ring (bicyclic) bond motifs is 5. The number of para-hydroxylation sites is 1. The molecule has 0 bridgehead atoms. The van der Waals surface area contributed by atoms with E-state index >= 15 is 0 Å². The van der Waals surface area contributed by atoms with Crippen molar-refractivity contribution in [2.24, 2.45) is 0 Å². The summed E-state index contributed by atoms with van der Waals surface area (Å²) in [5, 5.41) is 84.1. The van der Waals surface area contributed by atoms with Crippen LogP contribution in [0.5, 0.6) is 0 Å². The second kappa shape index (κ2) is 21.0. The van der Waals surface area contributed by atoms with Gasteiger partial charge in [0.15, 0.2) is 12.6 Å². The first-order chi connectivity index (χ1) is 28.6. The number of aromatic nitrogens is 3. The van der Waals surface area contributed by atoms with Crippen LogP contribution in [0, 0.1) is 0 Å². The number of hydrogen-bond donors (Lipinski definition) is 8. The molecule has 324 valence electrons. The van der Waals surface area contributed by atoms with Gasteiger partial charge in [-0.05, 0) is 18.6 Å². The Balaban J connectivity index is 1.12. The van der Waals surface area contributed by atoms with Gasteiger partial charge in [-0.25, -0.2) is 4.68 Å². The summed E-state index contributed by atoms with van der Waals surface area (Å²) in [6.45, 7) is 2.79. The van der Waals surface area contributed by atoms with Gasteiger partial charge in [0.2, 0.25) is 11.8 Å². The predicted octanol–water partition coefficient (Wildman–Crippen LogP) is -1.95. The molecule has 1 aromatic heterocycles. The molecule has 3 aliphatic rings. The third kappa shape index (κ3) is 10.3. The third-order valence-electron chi connectivity index (χ3n) is 10.3. The van der Waals surface area contributed by atoms with Crippen LogP contribution in [-0.2, 0) is 51.1 Å². The van der Waals surface area contributed by atoms with Crippen molar-refractivity contribution >= 4 is 17.5 Å². The molecule has 20 heteroatoms. The maximum atomic E-state index is 13.8. The van der Waals surface area contributed by atoms with Gasteiger partial charge in [-0.2, -0.15) is 0 Å². The van der Waals surface area contributed by atoms with E-state index in [0.717, 1.165) is 11.1 Å². The first-order valence-electron chi connectivity index (χ1n) is 19.6. The summed E-state index contributed by atoms with van der Waals surface area (Å²) < 4.78 is 34.9. The SMILES string of the molecule is CCOCCOCCNC(=O)CCC(=O)N1Cc2ccccc2-c2c(nnn2CCO[C@@H]2O[C@@H](CO)[C@@H](O[C@@H]3OC(CO)[C@H](O)C(O)C3O)C(O)C2O)-c2ccccc21. The predicted molar refractivity (Wildman–Crippen MR) is 204 cm³/mol. The molecule has 2 fully saturated rings. The lowest BCUT2D eigenvalue weighted by molar-refractivity contribution is -0.359. The molecule has 10 atom stereocenters. The molecule has 3 aliphatic heterocycles. The Bertz CT molecular complexity index is 1830. The average Bonchev–Trinajstić information content (AvgIpc) is 3.66. The molecule has 0 saturated carbocycles. The summed E-state index contributed by atoms with van der Waals surface area (Å²) in [7, 11) is 0. The molecule has 8 N–H and O–H groups in total. The normalized spacial score (nSPS) is 27.9. The van der Waals surface area contributed by atoms with Crippen LogP contribution < -0.4 is 10.2 Å². The second-order valence-corrected chi connectivity index (χ2v) is 14.2. The molecule has 5 unspecified atom stereocenters. The molecule has 20 nitrogen and oxygen atoms in total. The summed E-state index contributed by atoms with van der Waals surface area (Å²) in [6.07, 6.45) is -15.8. The minimum Gasteiger partial charge on any atom is -0.394 e. The van der Waals surface area contributed by atoms with Crippen molar-refractivity contribution in [2.45, 2.75) is 94.3 Å². The lowest BCUT2D eigenvalue weighted by Crippen LogP contribution is -2.64. The van der Waals surface area contributed by atoms with Crippen LogP contribution >= 0.6 is 0 Å². The Morgan fingerprint density at radius 2 is 1.49 bits per heavy atom. The van der Waals surface area contributed by atoms with Gasteiger partial charge in [-0.3, -0.25) is 9.59 Å². The summed E-state index contributed by atoms with van der Waals surface area (Å²) in [6, 6.07) is 14.8. The zero-order valence-electron chi connectivity index (χ0n) is 32.6. The molecule has 3 aromatic rings. The number of nitrogens with zero attached hydrogens (tertiary/aromatic N) is 4. The number of carbonyl (C=O) groups excluding carboxylic acids is 2. The fraction of sp³-hybridized carbons (Fsp3) is 0.590. The third-order valence-corrected chi connectivity index (χ3v) is 10.3. The quantitative estimate of drug-likeness (QED) is 0.0647. The van der Waals surface area contributed by atoms with Crippen molar-refractivity contribution in [3.63, 3.8) is 0 Å². The van der Waals surface area contributed by atoms with E-state index in [1.54, 1.807) is 9.58 Å². The number of carbonyl (C=O) groups is 2. The Kier molecular flexibility index (Phi) is 15.9. The van der Waals surface area contributed by atoms with Crippen LogP contribution in [0.4, 0.5) is 5.69 Å². The highest BCUT2D eigenvalue weighted by atomic mass is 16.7. The number of hydrogen-bond acceptors (Lipinski definition) is 17.